The Morgan fingerprint density at radius 2 is 2.11 bits per heavy atom. The van der Waals surface area contributed by atoms with Crippen molar-refractivity contribution >= 4 is 11.8 Å². The number of piperidine rings is 1. The number of benzene rings is 1. The topological polar surface area (TPSA) is 88.3 Å². The van der Waals surface area contributed by atoms with Crippen LogP contribution < -0.4 is 5.32 Å². The summed E-state index contributed by atoms with van der Waals surface area (Å²) in [4.78, 5) is 30.8. The Balaban J connectivity index is 1.59. The van der Waals surface area contributed by atoms with E-state index in [9.17, 15) is 14.0 Å². The first-order valence-electron chi connectivity index (χ1n) is 9.65. The highest BCUT2D eigenvalue weighted by Crippen LogP contribution is 2.21. The highest BCUT2D eigenvalue weighted by molar-refractivity contribution is 5.81. The molecular formula is C20H25FN4O3. The first kappa shape index (κ1) is 20.0. The van der Waals surface area contributed by atoms with Crippen LogP contribution >= 0.6 is 0 Å². The van der Waals surface area contributed by atoms with Gasteiger partial charge in [0, 0.05) is 25.1 Å². The lowest BCUT2D eigenvalue weighted by Crippen LogP contribution is -2.45. The van der Waals surface area contributed by atoms with Crippen molar-refractivity contribution in [2.24, 2.45) is 5.92 Å². The minimum atomic E-state index is -0.462. The van der Waals surface area contributed by atoms with E-state index in [1.165, 1.54) is 12.1 Å². The molecule has 0 aliphatic carbocycles. The zero-order valence-electron chi connectivity index (χ0n) is 16.2. The van der Waals surface area contributed by atoms with E-state index < -0.39 is 6.04 Å². The minimum absolute atomic E-state index is 0.105. The van der Waals surface area contributed by atoms with Crippen molar-refractivity contribution in [3.05, 3.63) is 36.0 Å². The average Bonchev–Trinajstić information content (AvgIpc) is 3.19. The Hall–Kier alpha value is -2.77. The maximum atomic E-state index is 13.0. The number of nitrogens with zero attached hydrogens (tertiary/aromatic N) is 3. The number of hydrogen-bond donors (Lipinski definition) is 1. The summed E-state index contributed by atoms with van der Waals surface area (Å²) >= 11 is 0. The van der Waals surface area contributed by atoms with Crippen molar-refractivity contribution < 1.29 is 18.5 Å². The van der Waals surface area contributed by atoms with Crippen LogP contribution in [0.25, 0.3) is 11.4 Å². The van der Waals surface area contributed by atoms with E-state index in [-0.39, 0.29) is 29.4 Å². The largest absolute Gasteiger partial charge is 0.344 e. The Morgan fingerprint density at radius 1 is 1.36 bits per heavy atom. The molecule has 1 aliphatic heterocycles. The molecule has 2 unspecified atom stereocenters. The van der Waals surface area contributed by atoms with E-state index in [2.05, 4.69) is 15.5 Å². The van der Waals surface area contributed by atoms with Gasteiger partial charge in [-0.3, -0.25) is 9.59 Å². The van der Waals surface area contributed by atoms with Gasteiger partial charge in [-0.25, -0.2) is 4.39 Å². The van der Waals surface area contributed by atoms with Gasteiger partial charge in [0.15, 0.2) is 0 Å². The third kappa shape index (κ3) is 4.74. The molecule has 150 valence electrons. The van der Waals surface area contributed by atoms with Crippen molar-refractivity contribution in [2.45, 2.75) is 45.6 Å². The highest BCUT2D eigenvalue weighted by Gasteiger charge is 2.29. The second kappa shape index (κ2) is 8.95. The molecule has 1 fully saturated rings. The quantitative estimate of drug-likeness (QED) is 0.822. The van der Waals surface area contributed by atoms with Crippen LogP contribution in [0.2, 0.25) is 0 Å². The molecule has 2 aromatic rings. The standard InChI is InChI=1S/C20H25FN4O3/c1-3-5-17(26)25-11-4-6-15(12-25)19(27)22-13(2)20-23-18(24-28-20)14-7-9-16(21)10-8-14/h7-10,13,15H,3-6,11-12H2,1-2H3,(H,22,27). The minimum Gasteiger partial charge on any atom is -0.344 e. The summed E-state index contributed by atoms with van der Waals surface area (Å²) in [5, 5.41) is 6.80. The molecule has 1 aliphatic rings. The van der Waals surface area contributed by atoms with Crippen LogP contribution in [0.1, 0.15) is 51.5 Å². The maximum absolute atomic E-state index is 13.0. The molecular weight excluding hydrogens is 363 g/mol. The van der Waals surface area contributed by atoms with Crippen molar-refractivity contribution in [2.75, 3.05) is 13.1 Å². The molecule has 1 N–H and O–H groups in total. The zero-order valence-corrected chi connectivity index (χ0v) is 16.2. The number of amides is 2. The SMILES string of the molecule is CCCC(=O)N1CCCC(C(=O)NC(C)c2nc(-c3ccc(F)cc3)no2)C1. The predicted molar refractivity (Wildman–Crippen MR) is 100 cm³/mol. The Bertz CT molecular complexity index is 821. The molecule has 2 heterocycles. The summed E-state index contributed by atoms with van der Waals surface area (Å²) in [5.74, 6) is 0.0213. The zero-order chi connectivity index (χ0) is 20.1. The van der Waals surface area contributed by atoms with Gasteiger partial charge in [-0.15, -0.1) is 0 Å². The number of aromatic nitrogens is 2. The summed E-state index contributed by atoms with van der Waals surface area (Å²) in [6.45, 7) is 4.89. The van der Waals surface area contributed by atoms with E-state index in [0.717, 1.165) is 19.3 Å². The molecule has 2 amide bonds. The molecule has 28 heavy (non-hydrogen) atoms. The van der Waals surface area contributed by atoms with Crippen LogP contribution in [-0.4, -0.2) is 39.9 Å². The van der Waals surface area contributed by atoms with Gasteiger partial charge in [0.05, 0.1) is 5.92 Å². The number of halogens is 1. The molecule has 7 nitrogen and oxygen atoms in total. The predicted octanol–water partition coefficient (Wildman–Crippen LogP) is 3.09. The molecule has 2 atom stereocenters. The number of likely N-dealkylation sites (tertiary alicyclic amines) is 1. The van der Waals surface area contributed by atoms with Gasteiger partial charge in [-0.1, -0.05) is 12.1 Å². The molecule has 1 aromatic heterocycles. The van der Waals surface area contributed by atoms with Crippen molar-refractivity contribution in [1.29, 1.82) is 0 Å². The Labute approximate surface area is 163 Å². The third-order valence-corrected chi connectivity index (χ3v) is 4.88. The van der Waals surface area contributed by atoms with Crippen LogP contribution in [-0.2, 0) is 9.59 Å². The Kier molecular flexibility index (Phi) is 6.38. The molecule has 3 rings (SSSR count). The van der Waals surface area contributed by atoms with E-state index >= 15 is 0 Å². The molecule has 0 saturated carbocycles. The molecule has 8 heteroatoms. The lowest BCUT2D eigenvalue weighted by atomic mass is 9.96. The number of rotatable bonds is 6. The molecule has 1 aromatic carbocycles. The van der Waals surface area contributed by atoms with Crippen LogP contribution in [0.4, 0.5) is 4.39 Å². The fourth-order valence-corrected chi connectivity index (χ4v) is 3.31. The second-order valence-electron chi connectivity index (χ2n) is 7.12. The van der Waals surface area contributed by atoms with E-state index in [1.807, 2.05) is 6.92 Å². The van der Waals surface area contributed by atoms with Crippen LogP contribution in [0.3, 0.4) is 0 Å². The summed E-state index contributed by atoms with van der Waals surface area (Å²) in [7, 11) is 0. The van der Waals surface area contributed by atoms with E-state index in [1.54, 1.807) is 24.0 Å². The number of nitrogens with one attached hydrogen (secondary N) is 1. The first-order valence-corrected chi connectivity index (χ1v) is 9.65. The fourth-order valence-electron chi connectivity index (χ4n) is 3.31. The van der Waals surface area contributed by atoms with Gasteiger partial charge < -0.3 is 14.7 Å². The molecule has 0 spiro atoms. The van der Waals surface area contributed by atoms with Crippen LogP contribution in [0.15, 0.2) is 28.8 Å². The van der Waals surface area contributed by atoms with Gasteiger partial charge >= 0.3 is 0 Å². The normalized spacial score (nSPS) is 18.0. The van der Waals surface area contributed by atoms with Crippen LogP contribution in [0.5, 0.6) is 0 Å². The van der Waals surface area contributed by atoms with Crippen molar-refractivity contribution in [3.63, 3.8) is 0 Å². The monoisotopic (exact) mass is 388 g/mol. The summed E-state index contributed by atoms with van der Waals surface area (Å²) in [6.07, 6.45) is 2.88. The van der Waals surface area contributed by atoms with Gasteiger partial charge in [0.1, 0.15) is 11.9 Å². The lowest BCUT2D eigenvalue weighted by Gasteiger charge is -2.32. The second-order valence-corrected chi connectivity index (χ2v) is 7.12. The summed E-state index contributed by atoms with van der Waals surface area (Å²) in [5.41, 5.74) is 0.632. The molecule has 0 bridgehead atoms. The van der Waals surface area contributed by atoms with Gasteiger partial charge in [0.25, 0.3) is 0 Å². The van der Waals surface area contributed by atoms with Gasteiger partial charge in [-0.2, -0.15) is 4.98 Å². The molecule has 0 radical (unpaired) electrons. The van der Waals surface area contributed by atoms with Crippen molar-refractivity contribution in [1.82, 2.24) is 20.4 Å². The first-order chi connectivity index (χ1) is 13.5. The number of carbonyl (C=O) groups excluding carboxylic acids is 2. The van der Waals surface area contributed by atoms with Crippen LogP contribution in [0, 0.1) is 11.7 Å². The summed E-state index contributed by atoms with van der Waals surface area (Å²) in [6, 6.07) is 5.32. The highest BCUT2D eigenvalue weighted by atomic mass is 19.1. The third-order valence-electron chi connectivity index (χ3n) is 4.88. The average molecular weight is 388 g/mol. The van der Waals surface area contributed by atoms with Gasteiger partial charge in [-0.05, 0) is 50.5 Å². The lowest BCUT2D eigenvalue weighted by molar-refractivity contribution is -0.136. The summed E-state index contributed by atoms with van der Waals surface area (Å²) < 4.78 is 18.3. The Morgan fingerprint density at radius 3 is 2.82 bits per heavy atom. The van der Waals surface area contributed by atoms with Crippen molar-refractivity contribution in [3.8, 4) is 11.4 Å². The van der Waals surface area contributed by atoms with Gasteiger partial charge in [0.2, 0.25) is 23.5 Å². The van der Waals surface area contributed by atoms with E-state index in [0.29, 0.717) is 30.9 Å². The van der Waals surface area contributed by atoms with E-state index in [4.69, 9.17) is 4.52 Å². The fraction of sp³-hybridized carbons (Fsp3) is 0.500. The number of hydrogen-bond acceptors (Lipinski definition) is 5. The maximum Gasteiger partial charge on any atom is 0.249 e. The molecule has 1 saturated heterocycles. The smallest absolute Gasteiger partial charge is 0.249 e. The number of carbonyl (C=O) groups is 2.